The first-order valence-corrected chi connectivity index (χ1v) is 7.16. The molecular weight excluding hydrogens is 302 g/mol. The van der Waals surface area contributed by atoms with Gasteiger partial charge < -0.3 is 10.2 Å². The molecule has 3 rings (SSSR count). The minimum absolute atomic E-state index is 0. The van der Waals surface area contributed by atoms with Crippen LogP contribution in [0.15, 0.2) is 12.1 Å². The van der Waals surface area contributed by atoms with Gasteiger partial charge in [0.15, 0.2) is 0 Å². The summed E-state index contributed by atoms with van der Waals surface area (Å²) in [6.45, 7) is 3.52. The van der Waals surface area contributed by atoms with Crippen LogP contribution in [0, 0.1) is 15.5 Å². The normalized spacial score (nSPS) is 24.9. The van der Waals surface area contributed by atoms with Gasteiger partial charge in [0.05, 0.1) is 9.80 Å². The SMILES string of the molecule is Cl.O=C(c1ccc([N+](=O)[O-])s1)N1CCC2(CCNC2)C1. The third kappa shape index (κ3) is 2.65. The number of rotatable bonds is 2. The Morgan fingerprint density at radius 1 is 1.45 bits per heavy atom. The molecular formula is C12H16ClN3O3S. The largest absolute Gasteiger partial charge is 0.337 e. The molecule has 1 amide bonds. The number of nitrogens with one attached hydrogen (secondary N) is 1. The maximum atomic E-state index is 12.3. The molecule has 1 unspecified atom stereocenters. The Morgan fingerprint density at radius 3 is 2.85 bits per heavy atom. The van der Waals surface area contributed by atoms with Crippen molar-refractivity contribution in [1.82, 2.24) is 10.2 Å². The monoisotopic (exact) mass is 317 g/mol. The maximum absolute atomic E-state index is 12.3. The highest BCUT2D eigenvalue weighted by Crippen LogP contribution is 2.37. The summed E-state index contributed by atoms with van der Waals surface area (Å²) in [7, 11) is 0. The van der Waals surface area contributed by atoms with Crippen LogP contribution < -0.4 is 5.32 Å². The lowest BCUT2D eigenvalue weighted by molar-refractivity contribution is -0.380. The Morgan fingerprint density at radius 2 is 2.25 bits per heavy atom. The first kappa shape index (κ1) is 15.2. The highest BCUT2D eigenvalue weighted by molar-refractivity contribution is 7.17. The smallest absolute Gasteiger partial charge is 0.324 e. The highest BCUT2D eigenvalue weighted by atomic mass is 35.5. The summed E-state index contributed by atoms with van der Waals surface area (Å²) < 4.78 is 0. The Labute approximate surface area is 126 Å². The molecule has 2 aliphatic heterocycles. The number of thiophene rings is 1. The number of hydrogen-bond donors (Lipinski definition) is 1. The van der Waals surface area contributed by atoms with E-state index in [1.165, 1.54) is 6.07 Å². The summed E-state index contributed by atoms with van der Waals surface area (Å²) in [5, 5.41) is 14.0. The van der Waals surface area contributed by atoms with E-state index >= 15 is 0 Å². The van der Waals surface area contributed by atoms with Crippen LogP contribution in [-0.4, -0.2) is 41.9 Å². The molecule has 1 atom stereocenters. The van der Waals surface area contributed by atoms with Crippen molar-refractivity contribution < 1.29 is 9.72 Å². The minimum Gasteiger partial charge on any atom is -0.337 e. The average Bonchev–Trinajstić information content (AvgIpc) is 3.11. The fourth-order valence-corrected chi connectivity index (χ4v) is 3.74. The molecule has 1 aromatic rings. The second-order valence-corrected chi connectivity index (χ2v) is 6.36. The predicted molar refractivity (Wildman–Crippen MR) is 78.7 cm³/mol. The van der Waals surface area contributed by atoms with Gasteiger partial charge in [0.1, 0.15) is 0 Å². The molecule has 0 aliphatic carbocycles. The number of amides is 1. The van der Waals surface area contributed by atoms with Gasteiger partial charge in [-0.25, -0.2) is 0 Å². The zero-order valence-electron chi connectivity index (χ0n) is 10.8. The summed E-state index contributed by atoms with van der Waals surface area (Å²) >= 11 is 0.961. The Bertz CT molecular complexity index is 528. The topological polar surface area (TPSA) is 75.5 Å². The average molecular weight is 318 g/mol. The molecule has 1 aromatic heterocycles. The van der Waals surface area contributed by atoms with Gasteiger partial charge in [-0.15, -0.1) is 12.4 Å². The second-order valence-electron chi connectivity index (χ2n) is 5.30. The van der Waals surface area contributed by atoms with Crippen molar-refractivity contribution in [3.63, 3.8) is 0 Å². The van der Waals surface area contributed by atoms with Crippen molar-refractivity contribution in [3.05, 3.63) is 27.1 Å². The molecule has 2 aliphatic rings. The molecule has 0 aromatic carbocycles. The lowest BCUT2D eigenvalue weighted by atomic mass is 9.87. The standard InChI is InChI=1S/C12H15N3O3S.ClH/c16-11(9-1-2-10(19-9)15(17)18)14-6-4-12(8-14)3-5-13-7-12;/h1-2,13H,3-8H2;1H. The van der Waals surface area contributed by atoms with E-state index in [1.54, 1.807) is 6.07 Å². The van der Waals surface area contributed by atoms with Gasteiger partial charge in [-0.3, -0.25) is 14.9 Å². The van der Waals surface area contributed by atoms with Gasteiger partial charge in [0.2, 0.25) is 0 Å². The fourth-order valence-electron chi connectivity index (χ4n) is 2.95. The molecule has 3 heterocycles. The van der Waals surface area contributed by atoms with Crippen molar-refractivity contribution in [2.24, 2.45) is 5.41 Å². The Hall–Kier alpha value is -1.18. The lowest BCUT2D eigenvalue weighted by Gasteiger charge is -2.22. The van der Waals surface area contributed by atoms with E-state index in [0.29, 0.717) is 4.88 Å². The van der Waals surface area contributed by atoms with E-state index in [9.17, 15) is 14.9 Å². The van der Waals surface area contributed by atoms with Crippen LogP contribution in [-0.2, 0) is 0 Å². The molecule has 2 fully saturated rings. The molecule has 0 saturated carbocycles. The second kappa shape index (κ2) is 5.67. The molecule has 6 nitrogen and oxygen atoms in total. The van der Waals surface area contributed by atoms with E-state index in [2.05, 4.69) is 5.32 Å². The maximum Gasteiger partial charge on any atom is 0.324 e. The van der Waals surface area contributed by atoms with Crippen molar-refractivity contribution in [1.29, 1.82) is 0 Å². The van der Waals surface area contributed by atoms with Gasteiger partial charge in [-0.05, 0) is 25.5 Å². The Balaban J connectivity index is 0.00000147. The van der Waals surface area contributed by atoms with Crippen LogP contribution in [0.3, 0.4) is 0 Å². The van der Waals surface area contributed by atoms with Crippen LogP contribution >= 0.6 is 23.7 Å². The number of hydrogen-bond acceptors (Lipinski definition) is 5. The van der Waals surface area contributed by atoms with Gasteiger partial charge >= 0.3 is 5.00 Å². The Kier molecular flexibility index (Phi) is 4.31. The van der Waals surface area contributed by atoms with Crippen molar-refractivity contribution in [2.75, 3.05) is 26.2 Å². The van der Waals surface area contributed by atoms with Gasteiger partial charge in [-0.2, -0.15) is 0 Å². The van der Waals surface area contributed by atoms with E-state index in [0.717, 1.165) is 50.4 Å². The first-order valence-electron chi connectivity index (χ1n) is 6.34. The zero-order chi connectivity index (χ0) is 13.5. The summed E-state index contributed by atoms with van der Waals surface area (Å²) in [5.41, 5.74) is 0.235. The molecule has 0 radical (unpaired) electrons. The van der Waals surface area contributed by atoms with Crippen molar-refractivity contribution in [3.8, 4) is 0 Å². The number of halogens is 1. The molecule has 1 spiro atoms. The van der Waals surface area contributed by atoms with Gasteiger partial charge in [0.25, 0.3) is 5.91 Å². The fraction of sp³-hybridized carbons (Fsp3) is 0.583. The third-order valence-corrected chi connectivity index (χ3v) is 5.07. The van der Waals surface area contributed by atoms with Crippen molar-refractivity contribution in [2.45, 2.75) is 12.8 Å². The van der Waals surface area contributed by atoms with Crippen LogP contribution in [0.5, 0.6) is 0 Å². The lowest BCUT2D eigenvalue weighted by Crippen LogP contribution is -2.32. The minimum atomic E-state index is -0.451. The van der Waals surface area contributed by atoms with Crippen LogP contribution in [0.2, 0.25) is 0 Å². The summed E-state index contributed by atoms with van der Waals surface area (Å²) in [4.78, 5) is 24.8. The number of likely N-dealkylation sites (tertiary alicyclic amines) is 1. The number of carbonyl (C=O) groups is 1. The van der Waals surface area contributed by atoms with Gasteiger partial charge in [0, 0.05) is 31.1 Å². The molecule has 0 bridgehead atoms. The number of nitro groups is 1. The number of carbonyl (C=O) groups excluding carboxylic acids is 1. The molecule has 2 saturated heterocycles. The van der Waals surface area contributed by atoms with Crippen LogP contribution in [0.1, 0.15) is 22.5 Å². The van der Waals surface area contributed by atoms with E-state index in [1.807, 2.05) is 4.90 Å². The molecule has 8 heteroatoms. The van der Waals surface area contributed by atoms with Crippen LogP contribution in [0.4, 0.5) is 5.00 Å². The summed E-state index contributed by atoms with van der Waals surface area (Å²) in [6.07, 6.45) is 2.14. The number of nitrogens with zero attached hydrogens (tertiary/aromatic N) is 2. The van der Waals surface area contributed by atoms with E-state index in [-0.39, 0.29) is 28.7 Å². The van der Waals surface area contributed by atoms with E-state index < -0.39 is 4.92 Å². The third-order valence-electron chi connectivity index (χ3n) is 4.04. The van der Waals surface area contributed by atoms with E-state index in [4.69, 9.17) is 0 Å². The van der Waals surface area contributed by atoms with Crippen molar-refractivity contribution >= 4 is 34.7 Å². The van der Waals surface area contributed by atoms with Crippen LogP contribution in [0.25, 0.3) is 0 Å². The molecule has 110 valence electrons. The molecule has 1 N–H and O–H groups in total. The first-order chi connectivity index (χ1) is 9.10. The highest BCUT2D eigenvalue weighted by Gasteiger charge is 2.42. The summed E-state index contributed by atoms with van der Waals surface area (Å²) in [6, 6.07) is 2.96. The summed E-state index contributed by atoms with van der Waals surface area (Å²) in [5.74, 6) is -0.0677. The zero-order valence-corrected chi connectivity index (χ0v) is 12.5. The van der Waals surface area contributed by atoms with Gasteiger partial charge in [-0.1, -0.05) is 11.3 Å². The quantitative estimate of drug-likeness (QED) is 0.668. The molecule has 20 heavy (non-hydrogen) atoms. The predicted octanol–water partition coefficient (Wildman–Crippen LogP) is 1.90.